The third kappa shape index (κ3) is 3.85. The number of H-pyrrole nitrogens is 1. The molecule has 0 spiro atoms. The van der Waals surface area contributed by atoms with Crippen molar-refractivity contribution in [3.05, 3.63) is 59.3 Å². The predicted molar refractivity (Wildman–Crippen MR) is 116 cm³/mol. The lowest BCUT2D eigenvalue weighted by Gasteiger charge is -2.20. The zero-order valence-electron chi connectivity index (χ0n) is 17.8. The summed E-state index contributed by atoms with van der Waals surface area (Å²) in [7, 11) is 1.48. The van der Waals surface area contributed by atoms with Crippen molar-refractivity contribution in [3.8, 4) is 17.6 Å². The zero-order chi connectivity index (χ0) is 22.9. The Labute approximate surface area is 189 Å². The van der Waals surface area contributed by atoms with E-state index in [1.807, 2.05) is 12.3 Å². The minimum absolute atomic E-state index is 0.101. The molecule has 0 saturated carbocycles. The molecule has 0 aliphatic carbocycles. The number of fused-ring (bicyclic) bond motifs is 2. The molecule has 2 aromatic carbocycles. The molecule has 3 aromatic rings. The zero-order valence-corrected chi connectivity index (χ0v) is 17.8. The Bertz CT molecular complexity index is 1320. The van der Waals surface area contributed by atoms with E-state index in [2.05, 4.69) is 15.4 Å². The van der Waals surface area contributed by atoms with Gasteiger partial charge in [0.05, 0.1) is 18.7 Å². The van der Waals surface area contributed by atoms with E-state index in [-0.39, 0.29) is 24.3 Å². The number of aromatic amines is 1. The molecule has 10 nitrogen and oxygen atoms in total. The second-order valence-corrected chi connectivity index (χ2v) is 7.93. The SMILES string of the molecule is COc1cc(C#N)ccc1OCC(=O)N1CC2=CN(C(=O)c3ccc4n[nH]nc4c3)C[C@@H]2C1. The van der Waals surface area contributed by atoms with Gasteiger partial charge >= 0.3 is 0 Å². The van der Waals surface area contributed by atoms with Gasteiger partial charge in [0.2, 0.25) is 0 Å². The lowest BCUT2D eigenvalue weighted by atomic mass is 10.1. The monoisotopic (exact) mass is 444 g/mol. The number of methoxy groups -OCH3 is 1. The molecular weight excluding hydrogens is 424 g/mol. The smallest absolute Gasteiger partial charge is 0.260 e. The molecule has 1 saturated heterocycles. The van der Waals surface area contributed by atoms with Gasteiger partial charge in [-0.25, -0.2) is 0 Å². The van der Waals surface area contributed by atoms with Crippen molar-refractivity contribution in [3.63, 3.8) is 0 Å². The van der Waals surface area contributed by atoms with Crippen LogP contribution >= 0.6 is 0 Å². The van der Waals surface area contributed by atoms with E-state index in [4.69, 9.17) is 14.7 Å². The highest BCUT2D eigenvalue weighted by Gasteiger charge is 2.37. The number of rotatable bonds is 5. The van der Waals surface area contributed by atoms with E-state index in [0.29, 0.717) is 53.3 Å². The number of aromatic nitrogens is 3. The molecule has 166 valence electrons. The van der Waals surface area contributed by atoms with Gasteiger partial charge in [-0.15, -0.1) is 0 Å². The van der Waals surface area contributed by atoms with Crippen molar-refractivity contribution in [2.45, 2.75) is 0 Å². The normalized spacial score (nSPS) is 17.0. The fourth-order valence-electron chi connectivity index (χ4n) is 4.17. The minimum atomic E-state index is -0.147. The van der Waals surface area contributed by atoms with Crippen molar-refractivity contribution >= 4 is 22.8 Å². The van der Waals surface area contributed by atoms with Crippen LogP contribution in [0, 0.1) is 17.2 Å². The average molecular weight is 444 g/mol. The van der Waals surface area contributed by atoms with Crippen LogP contribution in [0.25, 0.3) is 11.0 Å². The first-order valence-corrected chi connectivity index (χ1v) is 10.4. The van der Waals surface area contributed by atoms with Crippen molar-refractivity contribution in [1.29, 1.82) is 5.26 Å². The third-order valence-electron chi connectivity index (χ3n) is 5.90. The summed E-state index contributed by atoms with van der Waals surface area (Å²) in [6, 6.07) is 12.1. The predicted octanol–water partition coefficient (Wildman–Crippen LogP) is 1.72. The molecule has 10 heteroatoms. The molecule has 0 radical (unpaired) electrons. The van der Waals surface area contributed by atoms with E-state index in [1.165, 1.54) is 7.11 Å². The van der Waals surface area contributed by atoms with Crippen LogP contribution in [0.4, 0.5) is 0 Å². The Morgan fingerprint density at radius 3 is 2.79 bits per heavy atom. The summed E-state index contributed by atoms with van der Waals surface area (Å²) in [5.41, 5.74) is 3.40. The molecule has 33 heavy (non-hydrogen) atoms. The van der Waals surface area contributed by atoms with E-state index >= 15 is 0 Å². The van der Waals surface area contributed by atoms with Crippen LogP contribution in [0.3, 0.4) is 0 Å². The van der Waals surface area contributed by atoms with Crippen LogP contribution in [-0.4, -0.2) is 70.4 Å². The van der Waals surface area contributed by atoms with Gasteiger partial charge in [-0.1, -0.05) is 0 Å². The second-order valence-electron chi connectivity index (χ2n) is 7.93. The topological polar surface area (TPSA) is 124 Å². The molecule has 0 unspecified atom stereocenters. The Hall–Kier alpha value is -4.39. The molecule has 5 rings (SSSR count). The van der Waals surface area contributed by atoms with E-state index in [1.54, 1.807) is 46.2 Å². The minimum Gasteiger partial charge on any atom is -0.493 e. The van der Waals surface area contributed by atoms with Crippen molar-refractivity contribution in [2.24, 2.45) is 5.92 Å². The molecule has 1 N–H and O–H groups in total. The Kier molecular flexibility index (Phi) is 5.14. The number of hydrogen-bond acceptors (Lipinski definition) is 7. The molecule has 0 bridgehead atoms. The molecule has 1 aromatic heterocycles. The van der Waals surface area contributed by atoms with Gasteiger partial charge in [-0.05, 0) is 35.9 Å². The highest BCUT2D eigenvalue weighted by Crippen LogP contribution is 2.31. The Balaban J connectivity index is 1.20. The van der Waals surface area contributed by atoms with E-state index in [0.717, 1.165) is 5.57 Å². The third-order valence-corrected chi connectivity index (χ3v) is 5.90. The molecular formula is C23H20N6O4. The maximum absolute atomic E-state index is 12.9. The summed E-state index contributed by atoms with van der Waals surface area (Å²) in [4.78, 5) is 29.0. The largest absolute Gasteiger partial charge is 0.493 e. The van der Waals surface area contributed by atoms with Crippen molar-refractivity contribution < 1.29 is 19.1 Å². The van der Waals surface area contributed by atoms with Gasteiger partial charge < -0.3 is 19.3 Å². The summed E-state index contributed by atoms with van der Waals surface area (Å²) in [6.45, 7) is 1.38. The summed E-state index contributed by atoms with van der Waals surface area (Å²) in [5.74, 6) is 0.672. The summed E-state index contributed by atoms with van der Waals surface area (Å²) < 4.78 is 10.9. The standard InChI is InChI=1S/C23H20N6O4/c1-32-21-6-14(8-24)2-5-20(21)33-13-22(30)28-9-16-11-29(12-17(16)10-28)23(31)15-3-4-18-19(7-15)26-27-25-18/h2-7,11,17H,9-10,12-13H2,1H3,(H,25,26,27)/t17-/m0/s1. The van der Waals surface area contributed by atoms with Crippen LogP contribution in [0.15, 0.2) is 48.2 Å². The fourth-order valence-corrected chi connectivity index (χ4v) is 4.17. The Morgan fingerprint density at radius 2 is 2.00 bits per heavy atom. The van der Waals surface area contributed by atoms with Crippen LogP contribution in [0.5, 0.6) is 11.5 Å². The highest BCUT2D eigenvalue weighted by atomic mass is 16.5. The van der Waals surface area contributed by atoms with Gasteiger partial charge in [0, 0.05) is 43.4 Å². The lowest BCUT2D eigenvalue weighted by molar-refractivity contribution is -0.132. The maximum atomic E-state index is 12.9. The fraction of sp³-hybridized carbons (Fsp3) is 0.261. The molecule has 2 amide bonds. The second kappa shape index (κ2) is 8.27. The summed E-state index contributed by atoms with van der Waals surface area (Å²) >= 11 is 0. The first-order valence-electron chi connectivity index (χ1n) is 10.4. The van der Waals surface area contributed by atoms with E-state index < -0.39 is 0 Å². The van der Waals surface area contributed by atoms with Gasteiger partial charge in [-0.2, -0.15) is 20.7 Å². The van der Waals surface area contributed by atoms with Crippen LogP contribution in [0.1, 0.15) is 15.9 Å². The van der Waals surface area contributed by atoms with Gasteiger partial charge in [0.15, 0.2) is 18.1 Å². The van der Waals surface area contributed by atoms with E-state index in [9.17, 15) is 9.59 Å². The average Bonchev–Trinajstić information content (AvgIpc) is 3.56. The van der Waals surface area contributed by atoms with Gasteiger partial charge in [-0.3, -0.25) is 9.59 Å². The van der Waals surface area contributed by atoms with Gasteiger partial charge in [0.1, 0.15) is 11.0 Å². The number of carbonyl (C=O) groups is 2. The van der Waals surface area contributed by atoms with Crippen LogP contribution < -0.4 is 9.47 Å². The first kappa shape index (κ1) is 20.5. The molecule has 2 aliphatic rings. The molecule has 1 fully saturated rings. The number of nitrogens with zero attached hydrogens (tertiary/aromatic N) is 5. The van der Waals surface area contributed by atoms with Crippen LogP contribution in [-0.2, 0) is 4.79 Å². The maximum Gasteiger partial charge on any atom is 0.260 e. The number of ether oxygens (including phenoxy) is 2. The number of carbonyl (C=O) groups excluding carboxylic acids is 2. The van der Waals surface area contributed by atoms with Crippen LogP contribution in [0.2, 0.25) is 0 Å². The number of amides is 2. The molecule has 3 heterocycles. The summed E-state index contributed by atoms with van der Waals surface area (Å²) in [5, 5.41) is 19.6. The number of benzene rings is 2. The quantitative estimate of drug-likeness (QED) is 0.635. The van der Waals surface area contributed by atoms with Crippen molar-refractivity contribution in [2.75, 3.05) is 33.4 Å². The van der Waals surface area contributed by atoms with Gasteiger partial charge in [0.25, 0.3) is 11.8 Å². The highest BCUT2D eigenvalue weighted by molar-refractivity contribution is 5.98. The summed E-state index contributed by atoms with van der Waals surface area (Å²) in [6.07, 6.45) is 1.85. The molecule has 1 atom stereocenters. The number of nitrogens with one attached hydrogen (secondary N) is 1. The number of nitriles is 1. The number of likely N-dealkylation sites (tertiary alicyclic amines) is 1. The lowest BCUT2D eigenvalue weighted by Crippen LogP contribution is -2.35. The van der Waals surface area contributed by atoms with Crippen molar-refractivity contribution in [1.82, 2.24) is 25.2 Å². The Morgan fingerprint density at radius 1 is 1.15 bits per heavy atom. The molecule has 2 aliphatic heterocycles. The number of hydrogen-bond donors (Lipinski definition) is 1. The first-order chi connectivity index (χ1) is 16.1.